The first-order chi connectivity index (χ1) is 10.8. The van der Waals surface area contributed by atoms with Gasteiger partial charge in [0.2, 0.25) is 0 Å². The van der Waals surface area contributed by atoms with E-state index >= 15 is 0 Å². The highest BCUT2D eigenvalue weighted by atomic mass is 16.3. The third-order valence-corrected chi connectivity index (χ3v) is 6.10. The molecular formula is C19H25NO3. The summed E-state index contributed by atoms with van der Waals surface area (Å²) in [5, 5.41) is 14.0. The predicted molar refractivity (Wildman–Crippen MR) is 88.9 cm³/mol. The number of hydrogen-bond donors (Lipinski definition) is 2. The van der Waals surface area contributed by atoms with Crippen LogP contribution in [0.15, 0.2) is 24.3 Å². The molecule has 0 bridgehead atoms. The molecule has 0 spiro atoms. The number of Topliss-reactive ketones (excluding diaryl/α,β-unsaturated/α-hetero) is 1. The molecular weight excluding hydrogens is 290 g/mol. The number of hydrogen-bond acceptors (Lipinski definition) is 3. The lowest BCUT2D eigenvalue weighted by atomic mass is 9.62. The van der Waals surface area contributed by atoms with Gasteiger partial charge >= 0.3 is 0 Å². The van der Waals surface area contributed by atoms with Crippen LogP contribution in [0, 0.1) is 17.3 Å². The number of aliphatic hydroxyl groups is 1. The molecule has 1 aromatic carbocycles. The molecule has 124 valence electrons. The Morgan fingerprint density at radius 2 is 2.00 bits per heavy atom. The largest absolute Gasteiger partial charge is 0.375 e. The van der Waals surface area contributed by atoms with Gasteiger partial charge in [0.15, 0.2) is 5.60 Å². The van der Waals surface area contributed by atoms with Gasteiger partial charge in [-0.25, -0.2) is 0 Å². The fraction of sp³-hybridized carbons (Fsp3) is 0.579. The maximum atomic E-state index is 12.6. The Morgan fingerprint density at radius 1 is 1.30 bits per heavy atom. The molecule has 1 heterocycles. The Kier molecular flexibility index (Phi) is 3.83. The maximum absolute atomic E-state index is 12.6. The number of fused-ring (bicyclic) bond motifs is 1. The molecule has 0 radical (unpaired) electrons. The summed E-state index contributed by atoms with van der Waals surface area (Å²) in [4.78, 5) is 25.1. The molecule has 1 aromatic rings. The molecule has 3 atom stereocenters. The third kappa shape index (κ3) is 2.40. The molecule has 4 nitrogen and oxygen atoms in total. The zero-order valence-electron chi connectivity index (χ0n) is 14.1. The van der Waals surface area contributed by atoms with Gasteiger partial charge in [-0.2, -0.15) is 0 Å². The number of para-hydroxylation sites is 1. The van der Waals surface area contributed by atoms with Crippen molar-refractivity contribution in [1.82, 2.24) is 0 Å². The van der Waals surface area contributed by atoms with Gasteiger partial charge in [-0.1, -0.05) is 45.4 Å². The Hall–Kier alpha value is -1.68. The average molecular weight is 315 g/mol. The summed E-state index contributed by atoms with van der Waals surface area (Å²) in [6.07, 6.45) is 2.86. The quantitative estimate of drug-likeness (QED) is 0.900. The van der Waals surface area contributed by atoms with E-state index in [2.05, 4.69) is 26.1 Å². The Balaban J connectivity index is 1.99. The first-order valence-electron chi connectivity index (χ1n) is 8.46. The van der Waals surface area contributed by atoms with E-state index in [9.17, 15) is 14.7 Å². The predicted octanol–water partition coefficient (Wildman–Crippen LogP) is 3.25. The summed E-state index contributed by atoms with van der Waals surface area (Å²) in [6, 6.07) is 7.13. The minimum atomic E-state index is -1.73. The van der Waals surface area contributed by atoms with Crippen LogP contribution >= 0.6 is 0 Å². The lowest BCUT2D eigenvalue weighted by molar-refractivity contribution is -0.153. The fourth-order valence-electron chi connectivity index (χ4n) is 4.04. The van der Waals surface area contributed by atoms with Crippen molar-refractivity contribution in [3.05, 3.63) is 29.8 Å². The number of amides is 1. The average Bonchev–Trinajstić information content (AvgIpc) is 2.80. The second kappa shape index (κ2) is 5.45. The normalized spacial score (nSPS) is 31.0. The van der Waals surface area contributed by atoms with Crippen molar-refractivity contribution < 1.29 is 14.7 Å². The van der Waals surface area contributed by atoms with Gasteiger partial charge in [0.1, 0.15) is 5.78 Å². The van der Waals surface area contributed by atoms with E-state index in [1.54, 1.807) is 18.2 Å². The smallest absolute Gasteiger partial charge is 0.261 e. The summed E-state index contributed by atoms with van der Waals surface area (Å²) in [7, 11) is 0. The first-order valence-corrected chi connectivity index (χ1v) is 8.46. The second-order valence-corrected chi connectivity index (χ2v) is 7.60. The molecule has 23 heavy (non-hydrogen) atoms. The zero-order chi connectivity index (χ0) is 16.8. The summed E-state index contributed by atoms with van der Waals surface area (Å²) in [6.45, 7) is 6.56. The fourth-order valence-corrected chi connectivity index (χ4v) is 4.04. The lowest BCUT2D eigenvalue weighted by Crippen LogP contribution is -2.49. The third-order valence-electron chi connectivity index (χ3n) is 6.10. The zero-order valence-corrected chi connectivity index (χ0v) is 14.1. The molecule has 3 rings (SSSR count). The molecule has 0 saturated heterocycles. The van der Waals surface area contributed by atoms with Gasteiger partial charge in [0.25, 0.3) is 5.91 Å². The van der Waals surface area contributed by atoms with E-state index in [-0.39, 0.29) is 11.2 Å². The number of nitrogens with one attached hydrogen (secondary N) is 1. The van der Waals surface area contributed by atoms with Gasteiger partial charge < -0.3 is 10.4 Å². The summed E-state index contributed by atoms with van der Waals surface area (Å²) < 4.78 is 0. The summed E-state index contributed by atoms with van der Waals surface area (Å²) in [5.74, 6) is -0.787. The van der Waals surface area contributed by atoms with Gasteiger partial charge in [-0.3, -0.25) is 9.59 Å². The SMILES string of the molecule is CCC(C)(C)C1CCC(=O)C(C2(O)C(=O)Nc3ccccc32)C1. The van der Waals surface area contributed by atoms with E-state index in [1.165, 1.54) is 0 Å². The minimum Gasteiger partial charge on any atom is -0.375 e. The first kappa shape index (κ1) is 16.2. The number of ketones is 1. The molecule has 1 fully saturated rings. The van der Waals surface area contributed by atoms with Crippen LogP contribution in [-0.2, 0) is 15.2 Å². The van der Waals surface area contributed by atoms with E-state index < -0.39 is 17.4 Å². The van der Waals surface area contributed by atoms with Crippen LogP contribution in [0.1, 0.15) is 52.0 Å². The second-order valence-electron chi connectivity index (χ2n) is 7.60. The van der Waals surface area contributed by atoms with Crippen LogP contribution in [0.3, 0.4) is 0 Å². The molecule has 2 aliphatic rings. The van der Waals surface area contributed by atoms with E-state index in [1.807, 2.05) is 6.07 Å². The summed E-state index contributed by atoms with van der Waals surface area (Å²) in [5.41, 5.74) is -0.469. The molecule has 3 unspecified atom stereocenters. The number of benzene rings is 1. The molecule has 1 aliphatic heterocycles. The number of carbonyl (C=O) groups excluding carboxylic acids is 2. The van der Waals surface area contributed by atoms with Crippen LogP contribution in [0.4, 0.5) is 5.69 Å². The van der Waals surface area contributed by atoms with E-state index in [4.69, 9.17) is 0 Å². The van der Waals surface area contributed by atoms with Crippen molar-refractivity contribution >= 4 is 17.4 Å². The standard InChI is InChI=1S/C19H25NO3/c1-4-18(2,3)12-9-10-16(21)14(11-12)19(23)13-7-5-6-8-15(13)20-17(19)22/h5-8,12,14,23H,4,9-11H2,1-3H3,(H,20,22). The molecule has 1 amide bonds. The van der Waals surface area contributed by atoms with Gasteiger partial charge in [0, 0.05) is 17.7 Å². The number of carbonyl (C=O) groups is 2. The Morgan fingerprint density at radius 3 is 2.70 bits per heavy atom. The van der Waals surface area contributed by atoms with Crippen LogP contribution in [0.5, 0.6) is 0 Å². The van der Waals surface area contributed by atoms with Crippen molar-refractivity contribution in [3.63, 3.8) is 0 Å². The molecule has 0 aromatic heterocycles. The van der Waals surface area contributed by atoms with Crippen molar-refractivity contribution in [1.29, 1.82) is 0 Å². The molecule has 2 N–H and O–H groups in total. The van der Waals surface area contributed by atoms with E-state index in [0.717, 1.165) is 12.8 Å². The van der Waals surface area contributed by atoms with Gasteiger partial charge in [0.05, 0.1) is 5.92 Å². The van der Waals surface area contributed by atoms with Crippen LogP contribution < -0.4 is 5.32 Å². The van der Waals surface area contributed by atoms with Crippen LogP contribution in [0.25, 0.3) is 0 Å². The topological polar surface area (TPSA) is 66.4 Å². The Labute approximate surface area is 137 Å². The number of rotatable bonds is 3. The van der Waals surface area contributed by atoms with Gasteiger partial charge in [-0.15, -0.1) is 0 Å². The van der Waals surface area contributed by atoms with E-state index in [0.29, 0.717) is 30.0 Å². The van der Waals surface area contributed by atoms with Crippen molar-refractivity contribution in [2.24, 2.45) is 17.3 Å². The molecule has 4 heteroatoms. The highest BCUT2D eigenvalue weighted by Crippen LogP contribution is 2.49. The van der Waals surface area contributed by atoms with Crippen LogP contribution in [-0.4, -0.2) is 16.8 Å². The van der Waals surface area contributed by atoms with Gasteiger partial charge in [-0.05, 0) is 30.2 Å². The summed E-state index contributed by atoms with van der Waals surface area (Å²) >= 11 is 0. The van der Waals surface area contributed by atoms with Crippen molar-refractivity contribution in [2.75, 3.05) is 5.32 Å². The molecule has 1 saturated carbocycles. The monoisotopic (exact) mass is 315 g/mol. The van der Waals surface area contributed by atoms with Crippen molar-refractivity contribution in [2.45, 2.75) is 52.1 Å². The minimum absolute atomic E-state index is 0.00232. The highest BCUT2D eigenvalue weighted by Gasteiger charge is 2.55. The van der Waals surface area contributed by atoms with Crippen molar-refractivity contribution in [3.8, 4) is 0 Å². The molecule has 1 aliphatic carbocycles. The number of anilines is 1. The lowest BCUT2D eigenvalue weighted by Gasteiger charge is -2.42. The highest BCUT2D eigenvalue weighted by molar-refractivity contribution is 6.08. The maximum Gasteiger partial charge on any atom is 0.261 e. The Bertz CT molecular complexity index is 652. The van der Waals surface area contributed by atoms with Crippen LogP contribution in [0.2, 0.25) is 0 Å².